The van der Waals surface area contributed by atoms with E-state index in [1.807, 2.05) is 59.2 Å². The highest BCUT2D eigenvalue weighted by Crippen LogP contribution is 2.33. The number of benzene rings is 3. The molecule has 2 amide bonds. The maximum atomic E-state index is 15.2. The van der Waals surface area contributed by atoms with Gasteiger partial charge in [-0.25, -0.2) is 19.2 Å². The maximum absolute atomic E-state index is 15.2. The van der Waals surface area contributed by atoms with Gasteiger partial charge in [-0.05, 0) is 86.7 Å². The molecule has 0 bridgehead atoms. The minimum absolute atomic E-state index is 0.0128. The number of fused-ring (bicyclic) bond motifs is 1. The fourth-order valence-electron chi connectivity index (χ4n) is 8.82. The van der Waals surface area contributed by atoms with Crippen LogP contribution in [0.2, 0.25) is 0 Å². The van der Waals surface area contributed by atoms with Crippen molar-refractivity contribution >= 4 is 40.2 Å². The van der Waals surface area contributed by atoms with Crippen LogP contribution < -0.4 is 31.7 Å². The van der Waals surface area contributed by atoms with Crippen molar-refractivity contribution in [1.29, 1.82) is 0 Å². The van der Waals surface area contributed by atoms with Gasteiger partial charge in [0, 0.05) is 69.5 Å². The molecule has 4 saturated heterocycles. The van der Waals surface area contributed by atoms with Crippen molar-refractivity contribution in [1.82, 2.24) is 34.2 Å². The average Bonchev–Trinajstić information content (AvgIpc) is 3.50. The van der Waals surface area contributed by atoms with Gasteiger partial charge in [0.1, 0.15) is 35.2 Å². The van der Waals surface area contributed by atoms with Crippen molar-refractivity contribution in [3.63, 3.8) is 0 Å². The number of nitrogen functional groups attached to an aromatic ring is 1. The molecule has 0 aliphatic carbocycles. The summed E-state index contributed by atoms with van der Waals surface area (Å²) >= 11 is 0. The smallest absolute Gasteiger partial charge is 0.335 e. The Morgan fingerprint density at radius 2 is 1.46 bits per heavy atom. The topological polar surface area (TPSA) is 156 Å². The highest BCUT2D eigenvalue weighted by Gasteiger charge is 2.37. The number of nitrogens with zero attached hydrogens (tertiary/aromatic N) is 7. The lowest BCUT2D eigenvalue weighted by Gasteiger charge is -2.50. The van der Waals surface area contributed by atoms with E-state index in [0.29, 0.717) is 52.5 Å². The number of anilines is 3. The number of carbonyl (C=O) groups is 2. The SMILES string of the molecule is Nc1ncnc2c1n(-c1ccc(Oc3ccccc3)cc1)c(=O)n2C1CCN(C2CCN(C3CN(c4ccc(NC5CCC(=O)NC5=O)cc4F)C3)CC2)CC1. The highest BCUT2D eigenvalue weighted by molar-refractivity contribution is 6.01. The largest absolute Gasteiger partial charge is 0.457 e. The van der Waals surface area contributed by atoms with E-state index in [1.165, 1.54) is 12.4 Å². The number of hydrogen-bond acceptors (Lipinski definition) is 11. The van der Waals surface area contributed by atoms with Crippen LogP contribution in [0, 0.1) is 5.82 Å². The van der Waals surface area contributed by atoms with Crippen LogP contribution in [-0.2, 0) is 9.59 Å². The molecule has 0 saturated carbocycles. The average molecular weight is 761 g/mol. The van der Waals surface area contributed by atoms with E-state index in [-0.39, 0.29) is 41.6 Å². The molecule has 0 spiro atoms. The predicted octanol–water partition coefficient (Wildman–Crippen LogP) is 4.30. The second-order valence-electron chi connectivity index (χ2n) is 15.2. The lowest BCUT2D eigenvalue weighted by molar-refractivity contribution is -0.133. The molecule has 14 nitrogen and oxygen atoms in total. The summed E-state index contributed by atoms with van der Waals surface area (Å²) in [5.74, 6) is 0.673. The van der Waals surface area contributed by atoms with Gasteiger partial charge in [-0.15, -0.1) is 0 Å². The number of rotatable bonds is 9. The molecule has 9 rings (SSSR count). The van der Waals surface area contributed by atoms with Gasteiger partial charge in [0.25, 0.3) is 0 Å². The summed E-state index contributed by atoms with van der Waals surface area (Å²) in [5.41, 5.74) is 9.03. The molecule has 56 heavy (non-hydrogen) atoms. The number of halogens is 1. The Morgan fingerprint density at radius 3 is 2.16 bits per heavy atom. The van der Waals surface area contributed by atoms with Gasteiger partial charge >= 0.3 is 5.69 Å². The first-order valence-electron chi connectivity index (χ1n) is 19.5. The molecule has 6 heterocycles. The lowest BCUT2D eigenvalue weighted by atomic mass is 9.95. The number of imide groups is 1. The second kappa shape index (κ2) is 15.0. The summed E-state index contributed by atoms with van der Waals surface area (Å²) < 4.78 is 24.6. The van der Waals surface area contributed by atoms with Gasteiger partial charge in [-0.2, -0.15) is 0 Å². The van der Waals surface area contributed by atoms with E-state index in [1.54, 1.807) is 16.7 Å². The number of imidazole rings is 1. The summed E-state index contributed by atoms with van der Waals surface area (Å²) in [4.78, 5) is 53.7. The van der Waals surface area contributed by atoms with E-state index in [0.717, 1.165) is 70.7 Å². The Labute approximate surface area is 323 Å². The Hall–Kier alpha value is -5.80. The number of aromatic nitrogens is 4. The van der Waals surface area contributed by atoms with Gasteiger partial charge in [0.05, 0.1) is 11.4 Å². The Bertz CT molecular complexity index is 2290. The zero-order valence-corrected chi connectivity index (χ0v) is 31.0. The van der Waals surface area contributed by atoms with Crippen molar-refractivity contribution in [2.24, 2.45) is 0 Å². The Kier molecular flexibility index (Phi) is 9.63. The van der Waals surface area contributed by atoms with Crippen LogP contribution in [0.4, 0.5) is 21.6 Å². The van der Waals surface area contributed by atoms with Gasteiger partial charge in [-0.3, -0.25) is 28.9 Å². The van der Waals surface area contributed by atoms with Crippen molar-refractivity contribution in [3.05, 3.63) is 95.4 Å². The predicted molar refractivity (Wildman–Crippen MR) is 211 cm³/mol. The number of likely N-dealkylation sites (tertiary alicyclic amines) is 2. The number of carbonyl (C=O) groups excluding carboxylic acids is 2. The molecule has 2 aromatic heterocycles. The van der Waals surface area contributed by atoms with Crippen LogP contribution in [0.1, 0.15) is 44.6 Å². The molecule has 0 radical (unpaired) electrons. The number of nitrogens with one attached hydrogen (secondary N) is 2. The van der Waals surface area contributed by atoms with Gasteiger partial charge in [0.15, 0.2) is 11.5 Å². The molecule has 4 aliphatic rings. The zero-order chi connectivity index (χ0) is 38.3. The summed E-state index contributed by atoms with van der Waals surface area (Å²) in [7, 11) is 0. The van der Waals surface area contributed by atoms with E-state index in [9.17, 15) is 14.4 Å². The zero-order valence-electron chi connectivity index (χ0n) is 31.0. The molecule has 290 valence electrons. The molecule has 15 heteroatoms. The molecule has 1 unspecified atom stereocenters. The molecule has 4 N–H and O–H groups in total. The number of piperidine rings is 3. The van der Waals surface area contributed by atoms with Crippen LogP contribution in [-0.4, -0.2) is 98.1 Å². The monoisotopic (exact) mass is 760 g/mol. The number of para-hydroxylation sites is 1. The molecule has 5 aromatic rings. The molecule has 3 aromatic carbocycles. The normalized spacial score (nSPS) is 20.6. The van der Waals surface area contributed by atoms with E-state index >= 15 is 4.39 Å². The minimum atomic E-state index is -0.551. The van der Waals surface area contributed by atoms with Gasteiger partial charge in [0.2, 0.25) is 11.8 Å². The Balaban J connectivity index is 0.788. The fraction of sp³-hybridized carbons (Fsp3) is 0.390. The Morgan fingerprint density at radius 1 is 0.786 bits per heavy atom. The quantitative estimate of drug-likeness (QED) is 0.184. The van der Waals surface area contributed by atoms with Crippen molar-refractivity contribution in [2.45, 2.75) is 62.7 Å². The first-order valence-corrected chi connectivity index (χ1v) is 19.5. The number of hydrogen-bond donors (Lipinski definition) is 3. The van der Waals surface area contributed by atoms with Crippen LogP contribution in [0.3, 0.4) is 0 Å². The van der Waals surface area contributed by atoms with Crippen molar-refractivity contribution < 1.29 is 18.7 Å². The van der Waals surface area contributed by atoms with Crippen molar-refractivity contribution in [2.75, 3.05) is 55.2 Å². The van der Waals surface area contributed by atoms with Gasteiger partial charge in [-0.1, -0.05) is 18.2 Å². The first-order chi connectivity index (χ1) is 27.3. The van der Waals surface area contributed by atoms with Crippen LogP contribution in [0.25, 0.3) is 16.9 Å². The number of amides is 2. The molecule has 4 fully saturated rings. The number of ether oxygens (including phenoxy) is 1. The fourth-order valence-corrected chi connectivity index (χ4v) is 8.82. The molecular formula is C41H45FN10O4. The minimum Gasteiger partial charge on any atom is -0.457 e. The summed E-state index contributed by atoms with van der Waals surface area (Å²) in [5, 5.41) is 5.38. The van der Waals surface area contributed by atoms with E-state index in [2.05, 4.69) is 35.3 Å². The van der Waals surface area contributed by atoms with Crippen molar-refractivity contribution in [3.8, 4) is 17.2 Å². The third kappa shape index (κ3) is 6.96. The summed E-state index contributed by atoms with van der Waals surface area (Å²) in [6.45, 7) is 5.33. The lowest BCUT2D eigenvalue weighted by Crippen LogP contribution is -2.62. The molecular weight excluding hydrogens is 716 g/mol. The summed E-state index contributed by atoms with van der Waals surface area (Å²) in [6, 6.07) is 22.2. The highest BCUT2D eigenvalue weighted by atomic mass is 19.1. The first kappa shape index (κ1) is 35.9. The van der Waals surface area contributed by atoms with E-state index < -0.39 is 6.04 Å². The maximum Gasteiger partial charge on any atom is 0.335 e. The number of nitrogens with two attached hydrogens (primary N) is 1. The second-order valence-corrected chi connectivity index (χ2v) is 15.2. The summed E-state index contributed by atoms with van der Waals surface area (Å²) in [6.07, 6.45) is 5.89. The standard InChI is InChI=1S/C41H45FN10O4/c42-33-22-26(46-34-11-13-36(53)47-40(34)54)6-12-35(33)50-23-30(24-50)49-18-14-27(15-19-49)48-20-16-29(17-21-48)52-39-37(38(43)44-25-45-39)51(41(52)55)28-7-9-32(10-8-28)56-31-4-2-1-3-5-31/h1-10,12,22,25,27,29-30,34,46H,11,13-21,23-24H2,(H2,43,44,45)(H,47,53,54). The molecule has 1 atom stereocenters. The van der Waals surface area contributed by atoms with Crippen LogP contribution in [0.5, 0.6) is 11.5 Å². The van der Waals surface area contributed by atoms with Crippen LogP contribution in [0.15, 0.2) is 83.9 Å². The van der Waals surface area contributed by atoms with Gasteiger partial charge < -0.3 is 25.6 Å². The van der Waals surface area contributed by atoms with E-state index in [4.69, 9.17) is 10.5 Å². The third-order valence-corrected chi connectivity index (χ3v) is 11.9. The molecule has 4 aliphatic heterocycles. The van der Waals surface area contributed by atoms with Crippen LogP contribution >= 0.6 is 0 Å². The third-order valence-electron chi connectivity index (χ3n) is 11.9.